The van der Waals surface area contributed by atoms with Crippen molar-refractivity contribution < 1.29 is 18.7 Å². The molecule has 1 aromatic rings. The lowest BCUT2D eigenvalue weighted by Crippen LogP contribution is -2.32. The molecule has 2 rings (SSSR count). The number of halogens is 2. The number of amides is 1. The maximum absolute atomic E-state index is 13.8. The van der Waals surface area contributed by atoms with E-state index >= 15 is 0 Å². The maximum atomic E-state index is 13.8. The van der Waals surface area contributed by atoms with Crippen molar-refractivity contribution in [3.8, 4) is 0 Å². The smallest absolute Gasteiger partial charge is 0.256 e. The minimum Gasteiger partial charge on any atom is -0.396 e. The van der Waals surface area contributed by atoms with Crippen LogP contribution in [0.15, 0.2) is 18.2 Å². The standard InChI is InChI=1S/C16H22F2N2O2/c1-3-19(2)7-11-8-20(9-12(11)10-21)16(22)13-5-4-6-14(17)15(13)18/h4-6,11-12,21H,3,7-10H2,1-2H3/t11-,12-/m1/s1. The van der Waals surface area contributed by atoms with Crippen LogP contribution in [0.1, 0.15) is 17.3 Å². The lowest BCUT2D eigenvalue weighted by Gasteiger charge is -2.22. The number of rotatable bonds is 5. The molecule has 122 valence electrons. The lowest BCUT2D eigenvalue weighted by atomic mass is 9.96. The van der Waals surface area contributed by atoms with E-state index in [2.05, 4.69) is 4.90 Å². The highest BCUT2D eigenvalue weighted by molar-refractivity contribution is 5.94. The molecule has 1 aliphatic heterocycles. The predicted molar refractivity (Wildman–Crippen MR) is 79.5 cm³/mol. The van der Waals surface area contributed by atoms with Crippen LogP contribution in [-0.4, -0.2) is 60.6 Å². The van der Waals surface area contributed by atoms with Crippen molar-refractivity contribution in [1.29, 1.82) is 0 Å². The third-order valence-electron chi connectivity index (χ3n) is 4.37. The summed E-state index contributed by atoms with van der Waals surface area (Å²) in [6.07, 6.45) is 0. The van der Waals surface area contributed by atoms with Gasteiger partial charge in [0.25, 0.3) is 5.91 Å². The van der Waals surface area contributed by atoms with E-state index in [1.54, 1.807) is 0 Å². The molecule has 22 heavy (non-hydrogen) atoms. The van der Waals surface area contributed by atoms with Crippen molar-refractivity contribution in [3.05, 3.63) is 35.4 Å². The van der Waals surface area contributed by atoms with Crippen LogP contribution in [0.3, 0.4) is 0 Å². The summed E-state index contributed by atoms with van der Waals surface area (Å²) in [6, 6.07) is 3.61. The molecule has 6 heteroatoms. The summed E-state index contributed by atoms with van der Waals surface area (Å²) < 4.78 is 27.0. The molecule has 0 spiro atoms. The van der Waals surface area contributed by atoms with Gasteiger partial charge in [0.05, 0.1) is 5.56 Å². The number of likely N-dealkylation sites (tertiary alicyclic amines) is 1. The Bertz CT molecular complexity index is 539. The first kappa shape index (κ1) is 16.8. The first-order valence-electron chi connectivity index (χ1n) is 7.50. The number of hydrogen-bond donors (Lipinski definition) is 1. The van der Waals surface area contributed by atoms with Gasteiger partial charge in [0.2, 0.25) is 0 Å². The van der Waals surface area contributed by atoms with Crippen LogP contribution in [0.5, 0.6) is 0 Å². The van der Waals surface area contributed by atoms with E-state index in [1.165, 1.54) is 17.0 Å². The van der Waals surface area contributed by atoms with Crippen molar-refractivity contribution in [1.82, 2.24) is 9.80 Å². The fourth-order valence-electron chi connectivity index (χ4n) is 2.89. The lowest BCUT2D eigenvalue weighted by molar-refractivity contribution is 0.0773. The Kier molecular flexibility index (Phi) is 5.47. The van der Waals surface area contributed by atoms with E-state index in [0.29, 0.717) is 13.1 Å². The zero-order valence-corrected chi connectivity index (χ0v) is 12.9. The van der Waals surface area contributed by atoms with Crippen LogP contribution < -0.4 is 0 Å². The second-order valence-corrected chi connectivity index (χ2v) is 5.87. The number of carbonyl (C=O) groups excluding carboxylic acids is 1. The molecule has 0 aromatic heterocycles. The first-order valence-corrected chi connectivity index (χ1v) is 7.50. The summed E-state index contributed by atoms with van der Waals surface area (Å²) in [5, 5.41) is 9.50. The van der Waals surface area contributed by atoms with E-state index < -0.39 is 17.5 Å². The summed E-state index contributed by atoms with van der Waals surface area (Å²) in [5.74, 6) is -2.55. The van der Waals surface area contributed by atoms with Crippen LogP contribution in [0, 0.1) is 23.5 Å². The molecule has 1 aliphatic rings. The molecule has 1 saturated heterocycles. The van der Waals surface area contributed by atoms with Crippen LogP contribution in [0.25, 0.3) is 0 Å². The predicted octanol–water partition coefficient (Wildman–Crippen LogP) is 1.60. The maximum Gasteiger partial charge on any atom is 0.256 e. The highest BCUT2D eigenvalue weighted by atomic mass is 19.2. The summed E-state index contributed by atoms with van der Waals surface area (Å²) in [6.45, 7) is 4.47. The molecule has 1 fully saturated rings. The highest BCUT2D eigenvalue weighted by Gasteiger charge is 2.36. The fraction of sp³-hybridized carbons (Fsp3) is 0.562. The Balaban J connectivity index is 2.13. The average molecular weight is 312 g/mol. The number of aliphatic hydroxyl groups is 1. The number of benzene rings is 1. The number of carbonyl (C=O) groups is 1. The molecule has 1 heterocycles. The Hall–Kier alpha value is -1.53. The molecule has 0 radical (unpaired) electrons. The van der Waals surface area contributed by atoms with Gasteiger partial charge in [-0.3, -0.25) is 4.79 Å². The molecule has 1 N–H and O–H groups in total. The molecule has 1 aromatic carbocycles. The van der Waals surface area contributed by atoms with Crippen molar-refractivity contribution in [2.24, 2.45) is 11.8 Å². The van der Waals surface area contributed by atoms with Gasteiger partial charge in [0, 0.05) is 32.2 Å². The normalized spacial score (nSPS) is 21.6. The number of nitrogens with zero attached hydrogens (tertiary/aromatic N) is 2. The van der Waals surface area contributed by atoms with E-state index in [-0.39, 0.29) is 24.0 Å². The Morgan fingerprint density at radius 3 is 2.68 bits per heavy atom. The Morgan fingerprint density at radius 1 is 1.36 bits per heavy atom. The molecule has 0 bridgehead atoms. The zero-order valence-electron chi connectivity index (χ0n) is 12.9. The second-order valence-electron chi connectivity index (χ2n) is 5.87. The van der Waals surface area contributed by atoms with Crippen LogP contribution in [-0.2, 0) is 0 Å². The van der Waals surface area contributed by atoms with E-state index in [9.17, 15) is 18.7 Å². The van der Waals surface area contributed by atoms with Crippen molar-refractivity contribution in [3.63, 3.8) is 0 Å². The quantitative estimate of drug-likeness (QED) is 0.898. The fourth-order valence-corrected chi connectivity index (χ4v) is 2.89. The largest absolute Gasteiger partial charge is 0.396 e. The van der Waals surface area contributed by atoms with Crippen molar-refractivity contribution in [2.45, 2.75) is 6.92 Å². The van der Waals surface area contributed by atoms with Crippen LogP contribution >= 0.6 is 0 Å². The van der Waals surface area contributed by atoms with Crippen molar-refractivity contribution in [2.75, 3.05) is 39.8 Å². The van der Waals surface area contributed by atoms with Gasteiger partial charge in [0.15, 0.2) is 11.6 Å². The minimum absolute atomic E-state index is 0.0162. The van der Waals surface area contributed by atoms with Gasteiger partial charge in [-0.15, -0.1) is 0 Å². The summed E-state index contributed by atoms with van der Waals surface area (Å²) in [7, 11) is 1.98. The minimum atomic E-state index is -1.11. The number of hydrogen-bond acceptors (Lipinski definition) is 3. The molecule has 0 aliphatic carbocycles. The number of aliphatic hydroxyl groups excluding tert-OH is 1. The second kappa shape index (κ2) is 7.15. The Labute approximate surface area is 129 Å². The summed E-state index contributed by atoms with van der Waals surface area (Å²) in [4.78, 5) is 16.0. The van der Waals surface area contributed by atoms with Crippen molar-refractivity contribution >= 4 is 5.91 Å². The van der Waals surface area contributed by atoms with E-state index in [4.69, 9.17) is 0 Å². The topological polar surface area (TPSA) is 43.8 Å². The molecule has 1 amide bonds. The van der Waals surface area contributed by atoms with Gasteiger partial charge in [-0.05, 0) is 31.6 Å². The van der Waals surface area contributed by atoms with Crippen LogP contribution in [0.4, 0.5) is 8.78 Å². The van der Waals surface area contributed by atoms with Crippen LogP contribution in [0.2, 0.25) is 0 Å². The molecular formula is C16H22F2N2O2. The first-order chi connectivity index (χ1) is 10.5. The van der Waals surface area contributed by atoms with Gasteiger partial charge >= 0.3 is 0 Å². The van der Waals surface area contributed by atoms with E-state index in [0.717, 1.165) is 19.2 Å². The highest BCUT2D eigenvalue weighted by Crippen LogP contribution is 2.26. The van der Waals surface area contributed by atoms with Gasteiger partial charge in [-0.2, -0.15) is 0 Å². The summed E-state index contributed by atoms with van der Waals surface area (Å²) in [5.41, 5.74) is -0.249. The zero-order chi connectivity index (χ0) is 16.3. The SMILES string of the molecule is CCN(C)C[C@@H]1CN(C(=O)c2cccc(F)c2F)C[C@@H]1CO. The van der Waals surface area contributed by atoms with E-state index in [1.807, 2.05) is 14.0 Å². The van der Waals surface area contributed by atoms with Gasteiger partial charge in [0.1, 0.15) is 0 Å². The molecule has 0 unspecified atom stereocenters. The van der Waals surface area contributed by atoms with Gasteiger partial charge < -0.3 is 14.9 Å². The third kappa shape index (κ3) is 3.44. The Morgan fingerprint density at radius 2 is 2.05 bits per heavy atom. The molecular weight excluding hydrogens is 290 g/mol. The summed E-state index contributed by atoms with van der Waals surface area (Å²) >= 11 is 0. The molecule has 4 nitrogen and oxygen atoms in total. The third-order valence-corrected chi connectivity index (χ3v) is 4.37. The molecule has 0 saturated carbocycles. The monoisotopic (exact) mass is 312 g/mol. The molecule has 2 atom stereocenters. The van der Waals surface area contributed by atoms with Gasteiger partial charge in [-0.1, -0.05) is 13.0 Å². The van der Waals surface area contributed by atoms with Gasteiger partial charge in [-0.25, -0.2) is 8.78 Å². The average Bonchev–Trinajstić information content (AvgIpc) is 2.92.